The van der Waals surface area contributed by atoms with Crippen molar-refractivity contribution in [2.45, 2.75) is 44.5 Å². The van der Waals surface area contributed by atoms with Gasteiger partial charge in [0.25, 0.3) is 0 Å². The van der Waals surface area contributed by atoms with Gasteiger partial charge in [-0.25, -0.2) is 0 Å². The highest BCUT2D eigenvalue weighted by Gasteiger charge is 2.52. The summed E-state index contributed by atoms with van der Waals surface area (Å²) in [5.74, 6) is -0.636. The van der Waals surface area contributed by atoms with E-state index in [1.165, 1.54) is 0 Å². The van der Waals surface area contributed by atoms with E-state index in [0.29, 0.717) is 12.2 Å². The molecule has 2 aliphatic heterocycles. The van der Waals surface area contributed by atoms with Gasteiger partial charge in [-0.05, 0) is 27.2 Å². The topological polar surface area (TPSA) is 86.7 Å². The van der Waals surface area contributed by atoms with Crippen molar-refractivity contribution in [1.82, 2.24) is 10.2 Å². The molecule has 0 bridgehead atoms. The second-order valence-corrected chi connectivity index (χ2v) is 7.67. The van der Waals surface area contributed by atoms with Crippen molar-refractivity contribution in [3.8, 4) is 0 Å². The van der Waals surface area contributed by atoms with Gasteiger partial charge >= 0.3 is 5.97 Å². The lowest BCUT2D eigenvalue weighted by Gasteiger charge is -2.30. The normalized spacial score (nSPS) is 29.4. The third-order valence-electron chi connectivity index (χ3n) is 4.03. The summed E-state index contributed by atoms with van der Waals surface area (Å²) in [6.45, 7) is 5.16. The van der Waals surface area contributed by atoms with Gasteiger partial charge in [-0.2, -0.15) is 0 Å². The van der Waals surface area contributed by atoms with Crippen LogP contribution in [0, 0.1) is 5.41 Å². The minimum absolute atomic E-state index is 0.00939. The van der Waals surface area contributed by atoms with Crippen LogP contribution in [0.15, 0.2) is 0 Å². The van der Waals surface area contributed by atoms with Crippen molar-refractivity contribution < 1.29 is 19.5 Å². The van der Waals surface area contributed by atoms with Gasteiger partial charge < -0.3 is 15.3 Å². The monoisotopic (exact) mass is 300 g/mol. The van der Waals surface area contributed by atoms with E-state index in [2.05, 4.69) is 5.32 Å². The summed E-state index contributed by atoms with van der Waals surface area (Å²) < 4.78 is 0. The first-order valence-electron chi connectivity index (χ1n) is 6.65. The number of carbonyl (C=O) groups is 3. The number of amides is 2. The predicted molar refractivity (Wildman–Crippen MR) is 75.2 cm³/mol. The molecule has 0 saturated carbocycles. The van der Waals surface area contributed by atoms with Crippen molar-refractivity contribution >= 4 is 29.5 Å². The summed E-state index contributed by atoms with van der Waals surface area (Å²) in [5, 5.41) is 11.7. The average Bonchev–Trinajstić information content (AvgIpc) is 2.84. The van der Waals surface area contributed by atoms with Crippen LogP contribution in [0.2, 0.25) is 0 Å². The summed E-state index contributed by atoms with van der Waals surface area (Å²) >= 11 is 1.62. The zero-order chi connectivity index (χ0) is 15.1. The SMILES string of the molecule is CC(C)(CNC(=O)C1CSC2(C)CCC(=O)N12)C(=O)O. The van der Waals surface area contributed by atoms with E-state index in [1.807, 2.05) is 6.92 Å². The highest BCUT2D eigenvalue weighted by atomic mass is 32.2. The Morgan fingerprint density at radius 3 is 2.80 bits per heavy atom. The highest BCUT2D eigenvalue weighted by Crippen LogP contribution is 2.47. The molecular weight excluding hydrogens is 280 g/mol. The first-order chi connectivity index (χ1) is 9.17. The molecule has 6 nitrogen and oxygen atoms in total. The molecule has 0 aromatic rings. The fraction of sp³-hybridized carbons (Fsp3) is 0.769. The third kappa shape index (κ3) is 2.51. The van der Waals surface area contributed by atoms with E-state index in [9.17, 15) is 14.4 Å². The molecule has 2 aliphatic rings. The second kappa shape index (κ2) is 4.95. The molecule has 0 aromatic heterocycles. The van der Waals surface area contributed by atoms with Crippen molar-refractivity contribution in [3.63, 3.8) is 0 Å². The smallest absolute Gasteiger partial charge is 0.310 e. The molecule has 7 heteroatoms. The summed E-state index contributed by atoms with van der Waals surface area (Å²) in [5.41, 5.74) is -1.01. The maximum Gasteiger partial charge on any atom is 0.310 e. The van der Waals surface area contributed by atoms with E-state index in [4.69, 9.17) is 5.11 Å². The quantitative estimate of drug-likeness (QED) is 0.797. The molecule has 2 rings (SSSR count). The molecule has 0 spiro atoms. The summed E-state index contributed by atoms with van der Waals surface area (Å²) in [6, 6.07) is -0.482. The van der Waals surface area contributed by atoms with Crippen LogP contribution in [0.25, 0.3) is 0 Å². The standard InChI is InChI=1S/C13H20N2O4S/c1-12(2,11(18)19)7-14-10(17)8-6-20-13(3)5-4-9(16)15(8)13/h8H,4-7H2,1-3H3,(H,14,17)(H,18,19). The number of rotatable bonds is 4. The number of carboxylic acids is 1. The maximum absolute atomic E-state index is 12.2. The number of aliphatic carboxylic acids is 1. The molecule has 2 saturated heterocycles. The number of nitrogens with one attached hydrogen (secondary N) is 1. The van der Waals surface area contributed by atoms with Gasteiger partial charge in [0.1, 0.15) is 6.04 Å². The Morgan fingerprint density at radius 2 is 2.20 bits per heavy atom. The Morgan fingerprint density at radius 1 is 1.55 bits per heavy atom. The van der Waals surface area contributed by atoms with Gasteiger partial charge in [0.05, 0.1) is 10.3 Å². The third-order valence-corrected chi connectivity index (χ3v) is 5.54. The zero-order valence-corrected chi connectivity index (χ0v) is 12.7. The highest BCUT2D eigenvalue weighted by molar-refractivity contribution is 8.01. The Kier molecular flexibility index (Phi) is 3.75. The average molecular weight is 300 g/mol. The fourth-order valence-electron chi connectivity index (χ4n) is 2.52. The van der Waals surface area contributed by atoms with Gasteiger partial charge in [-0.1, -0.05) is 0 Å². The summed E-state index contributed by atoms with van der Waals surface area (Å²) in [7, 11) is 0. The molecule has 0 aliphatic carbocycles. The number of carbonyl (C=O) groups excluding carboxylic acids is 2. The van der Waals surface area contributed by atoms with Crippen molar-refractivity contribution in [2.75, 3.05) is 12.3 Å². The van der Waals surface area contributed by atoms with E-state index in [1.54, 1.807) is 30.5 Å². The van der Waals surface area contributed by atoms with Crippen LogP contribution in [0.3, 0.4) is 0 Å². The Balaban J connectivity index is 2.01. The van der Waals surface area contributed by atoms with Crippen LogP contribution in [0.1, 0.15) is 33.6 Å². The summed E-state index contributed by atoms with van der Waals surface area (Å²) in [4.78, 5) is 36.6. The lowest BCUT2D eigenvalue weighted by molar-refractivity contribution is -0.147. The molecule has 2 N–H and O–H groups in total. The maximum atomic E-state index is 12.2. The minimum atomic E-state index is -1.01. The van der Waals surface area contributed by atoms with E-state index >= 15 is 0 Å². The van der Waals surface area contributed by atoms with E-state index < -0.39 is 17.4 Å². The van der Waals surface area contributed by atoms with Crippen LogP contribution in [-0.2, 0) is 14.4 Å². The largest absolute Gasteiger partial charge is 0.481 e. The molecule has 0 aromatic carbocycles. The molecule has 0 radical (unpaired) electrons. The molecule has 2 atom stereocenters. The van der Waals surface area contributed by atoms with Crippen LogP contribution >= 0.6 is 11.8 Å². The molecule has 2 fully saturated rings. The zero-order valence-electron chi connectivity index (χ0n) is 11.9. The number of nitrogens with zero attached hydrogens (tertiary/aromatic N) is 1. The fourth-order valence-corrected chi connectivity index (χ4v) is 3.95. The van der Waals surface area contributed by atoms with Crippen molar-refractivity contribution in [3.05, 3.63) is 0 Å². The number of thioether (sulfide) groups is 1. The van der Waals surface area contributed by atoms with Gasteiger partial charge in [-0.3, -0.25) is 14.4 Å². The van der Waals surface area contributed by atoms with Crippen LogP contribution < -0.4 is 5.32 Å². The minimum Gasteiger partial charge on any atom is -0.481 e. The lowest BCUT2D eigenvalue weighted by Crippen LogP contribution is -2.52. The summed E-state index contributed by atoms with van der Waals surface area (Å²) in [6.07, 6.45) is 1.24. The second-order valence-electron chi connectivity index (χ2n) is 6.17. The van der Waals surface area contributed by atoms with E-state index in [-0.39, 0.29) is 23.2 Å². The van der Waals surface area contributed by atoms with Crippen molar-refractivity contribution in [1.29, 1.82) is 0 Å². The van der Waals surface area contributed by atoms with Gasteiger partial charge in [0.2, 0.25) is 11.8 Å². The number of fused-ring (bicyclic) bond motifs is 1. The number of carboxylic acid groups (broad SMARTS) is 1. The Bertz CT molecular complexity index is 465. The van der Waals surface area contributed by atoms with Crippen LogP contribution in [-0.4, -0.2) is 51.0 Å². The number of hydrogen-bond acceptors (Lipinski definition) is 4. The van der Waals surface area contributed by atoms with E-state index in [0.717, 1.165) is 6.42 Å². The lowest BCUT2D eigenvalue weighted by atomic mass is 9.94. The molecule has 112 valence electrons. The number of hydrogen-bond donors (Lipinski definition) is 2. The van der Waals surface area contributed by atoms with Gasteiger partial charge in [0, 0.05) is 18.7 Å². The Labute approximate surface area is 122 Å². The van der Waals surface area contributed by atoms with Crippen LogP contribution in [0.5, 0.6) is 0 Å². The molecule has 20 heavy (non-hydrogen) atoms. The molecule has 2 unspecified atom stereocenters. The van der Waals surface area contributed by atoms with Gasteiger partial charge in [0.15, 0.2) is 0 Å². The first kappa shape index (κ1) is 15.2. The molecular formula is C13H20N2O4S. The first-order valence-corrected chi connectivity index (χ1v) is 7.63. The van der Waals surface area contributed by atoms with Gasteiger partial charge in [-0.15, -0.1) is 11.8 Å². The van der Waals surface area contributed by atoms with Crippen molar-refractivity contribution in [2.24, 2.45) is 5.41 Å². The molecule has 2 amide bonds. The van der Waals surface area contributed by atoms with Crippen LogP contribution in [0.4, 0.5) is 0 Å². The Hall–Kier alpha value is -1.24. The predicted octanol–water partition coefficient (Wildman–Crippen LogP) is 0.667. The molecule has 2 heterocycles.